The molecule has 6 heteroatoms. The summed E-state index contributed by atoms with van der Waals surface area (Å²) < 4.78 is 1.95. The molecular formula is C12H24Br2N4. The van der Waals surface area contributed by atoms with Crippen LogP contribution < -0.4 is 28.4 Å². The zero-order valence-electron chi connectivity index (χ0n) is 10.7. The van der Waals surface area contributed by atoms with Crippen molar-refractivity contribution < 1.29 is 21.6 Å². The standard InChI is InChI=1S/C12H22N4.2BrH/c1-3-5-7-9-16(10-8-6-4-2)12(15)11(13)14;;/h3-4,15H,1-2,5-10H2,(H3,13,14);2*1H. The Balaban J connectivity index is -0.00000112. The zero-order valence-corrected chi connectivity index (χ0v) is 14.0. The molecule has 5 N–H and O–H groups in total. The predicted octanol–water partition coefficient (Wildman–Crippen LogP) is -1.19. The second-order valence-corrected chi connectivity index (χ2v) is 3.65. The number of halogens is 2. The van der Waals surface area contributed by atoms with Gasteiger partial charge in [0.2, 0.25) is 5.84 Å². The van der Waals surface area contributed by atoms with E-state index in [1.807, 2.05) is 16.7 Å². The number of nitrogens with zero attached hydrogens (tertiary/aromatic N) is 1. The van der Waals surface area contributed by atoms with Crippen LogP contribution >= 0.6 is 17.0 Å². The summed E-state index contributed by atoms with van der Waals surface area (Å²) in [6.45, 7) is 8.98. The summed E-state index contributed by atoms with van der Waals surface area (Å²) in [5, 5.41) is 7.33. The van der Waals surface area contributed by atoms with Crippen molar-refractivity contribution in [3.63, 3.8) is 0 Å². The smallest absolute Gasteiger partial charge is 0.310 e. The fourth-order valence-corrected chi connectivity index (χ4v) is 1.38. The summed E-state index contributed by atoms with van der Waals surface area (Å²) >= 11 is 0. The van der Waals surface area contributed by atoms with Crippen LogP contribution in [-0.2, 0) is 0 Å². The number of hydrogen-bond donors (Lipinski definition) is 3. The van der Waals surface area contributed by atoms with E-state index in [2.05, 4.69) is 13.2 Å². The van der Waals surface area contributed by atoms with E-state index < -0.39 is 0 Å². The minimum absolute atomic E-state index is 0. The van der Waals surface area contributed by atoms with Gasteiger partial charge in [-0.3, -0.25) is 15.7 Å². The van der Waals surface area contributed by atoms with Crippen molar-refractivity contribution in [1.82, 2.24) is 0 Å². The van der Waals surface area contributed by atoms with E-state index in [4.69, 9.17) is 16.9 Å². The molecule has 18 heavy (non-hydrogen) atoms. The number of amidine groups is 2. The predicted molar refractivity (Wildman–Crippen MR) is 80.3 cm³/mol. The third kappa shape index (κ3) is 10.5. The molecule has 0 unspecified atom stereocenters. The molecule has 0 aliphatic carbocycles. The van der Waals surface area contributed by atoms with Crippen LogP contribution in [-0.4, -0.2) is 29.3 Å². The Bertz CT molecular complexity index is 272. The summed E-state index contributed by atoms with van der Waals surface area (Å²) in [6, 6.07) is 0. The lowest BCUT2D eigenvalue weighted by atomic mass is 10.2. The molecule has 0 radical (unpaired) electrons. The fourth-order valence-electron chi connectivity index (χ4n) is 1.38. The van der Waals surface area contributed by atoms with Gasteiger partial charge in [0.05, 0.1) is 13.1 Å². The van der Waals surface area contributed by atoms with Gasteiger partial charge in [0, 0.05) is 0 Å². The highest BCUT2D eigenvalue weighted by Gasteiger charge is 2.10. The van der Waals surface area contributed by atoms with Gasteiger partial charge < -0.3 is 22.7 Å². The topological polar surface area (TPSA) is 78.9 Å². The van der Waals surface area contributed by atoms with Crippen LogP contribution in [0.2, 0.25) is 0 Å². The maximum Gasteiger partial charge on any atom is 0.310 e. The van der Waals surface area contributed by atoms with E-state index in [1.54, 1.807) is 0 Å². The van der Waals surface area contributed by atoms with Gasteiger partial charge >= 0.3 is 5.84 Å². The SMILES string of the molecule is Br.C=CCCC[N+](CCCC=C)=C(N)C(=N)N.[Br-]. The van der Waals surface area contributed by atoms with Crippen molar-refractivity contribution in [1.29, 1.82) is 5.41 Å². The van der Waals surface area contributed by atoms with E-state index in [0.29, 0.717) is 5.84 Å². The third-order valence-corrected chi connectivity index (χ3v) is 2.29. The normalized spacial score (nSPS) is 8.44. The molecular weight excluding hydrogens is 360 g/mol. The second kappa shape index (κ2) is 14.4. The van der Waals surface area contributed by atoms with Gasteiger partial charge in [-0.15, -0.1) is 30.1 Å². The molecule has 0 aromatic rings. The second-order valence-electron chi connectivity index (χ2n) is 3.65. The summed E-state index contributed by atoms with van der Waals surface area (Å²) in [5.74, 6) is 0.310. The average Bonchev–Trinajstić information content (AvgIpc) is 2.26. The summed E-state index contributed by atoms with van der Waals surface area (Å²) in [5.41, 5.74) is 11.2. The van der Waals surface area contributed by atoms with Crippen molar-refractivity contribution in [3.05, 3.63) is 25.3 Å². The van der Waals surface area contributed by atoms with E-state index in [0.717, 1.165) is 38.8 Å². The first kappa shape index (κ1) is 22.6. The lowest BCUT2D eigenvalue weighted by Gasteiger charge is -2.08. The van der Waals surface area contributed by atoms with Gasteiger partial charge in [0.1, 0.15) is 0 Å². The molecule has 0 bridgehead atoms. The summed E-state index contributed by atoms with van der Waals surface area (Å²) in [4.78, 5) is 0. The van der Waals surface area contributed by atoms with Gasteiger partial charge in [-0.2, -0.15) is 0 Å². The quantitative estimate of drug-likeness (QED) is 0.162. The third-order valence-electron chi connectivity index (χ3n) is 2.29. The van der Waals surface area contributed by atoms with Crippen LogP contribution in [0.4, 0.5) is 0 Å². The Hall–Kier alpha value is -0.620. The van der Waals surface area contributed by atoms with Crippen molar-refractivity contribution >= 4 is 28.7 Å². The van der Waals surface area contributed by atoms with Gasteiger partial charge in [0.25, 0.3) is 0 Å². The number of hydrogen-bond acceptors (Lipinski definition) is 1. The van der Waals surface area contributed by atoms with Crippen LogP contribution in [0.15, 0.2) is 25.3 Å². The summed E-state index contributed by atoms with van der Waals surface area (Å²) in [6.07, 6.45) is 7.61. The van der Waals surface area contributed by atoms with E-state index in [1.165, 1.54) is 0 Å². The molecule has 0 aromatic carbocycles. The van der Waals surface area contributed by atoms with Crippen LogP contribution in [0.25, 0.3) is 0 Å². The minimum Gasteiger partial charge on any atom is -1.00 e. The highest BCUT2D eigenvalue weighted by atomic mass is 79.9. The lowest BCUT2D eigenvalue weighted by Crippen LogP contribution is -3.00. The molecule has 0 heterocycles. The molecule has 0 amide bonds. The first-order chi connectivity index (χ1) is 7.63. The highest BCUT2D eigenvalue weighted by Crippen LogP contribution is 1.95. The first-order valence-corrected chi connectivity index (χ1v) is 5.57. The molecule has 0 atom stereocenters. The number of unbranched alkanes of at least 4 members (excludes halogenated alkanes) is 2. The maximum absolute atomic E-state index is 7.33. The zero-order chi connectivity index (χ0) is 12.4. The largest absolute Gasteiger partial charge is 1.00 e. The minimum atomic E-state index is -0.0581. The molecule has 0 saturated carbocycles. The van der Waals surface area contributed by atoms with Crippen LogP contribution in [0.1, 0.15) is 25.7 Å². The average molecular weight is 384 g/mol. The number of rotatable bonds is 8. The number of nitrogens with two attached hydrogens (primary N) is 2. The molecule has 0 saturated heterocycles. The van der Waals surface area contributed by atoms with Gasteiger partial charge in [-0.25, -0.2) is 0 Å². The lowest BCUT2D eigenvalue weighted by molar-refractivity contribution is -0.528. The fraction of sp³-hybridized carbons (Fsp3) is 0.500. The van der Waals surface area contributed by atoms with Crippen molar-refractivity contribution in [3.8, 4) is 0 Å². The Kier molecular flexibility index (Phi) is 18.1. The Labute approximate surface area is 131 Å². The molecule has 0 rings (SSSR count). The van der Waals surface area contributed by atoms with Gasteiger partial charge in [0.15, 0.2) is 0 Å². The Morgan fingerprint density at radius 3 is 1.72 bits per heavy atom. The number of nitrogens with one attached hydrogen (secondary N) is 1. The van der Waals surface area contributed by atoms with Crippen molar-refractivity contribution in [2.24, 2.45) is 11.5 Å². The molecule has 0 spiro atoms. The molecule has 0 fully saturated rings. The Morgan fingerprint density at radius 1 is 1.06 bits per heavy atom. The molecule has 4 nitrogen and oxygen atoms in total. The monoisotopic (exact) mass is 382 g/mol. The van der Waals surface area contributed by atoms with E-state index in [9.17, 15) is 0 Å². The van der Waals surface area contributed by atoms with Crippen molar-refractivity contribution in [2.45, 2.75) is 25.7 Å². The highest BCUT2D eigenvalue weighted by molar-refractivity contribution is 8.93. The van der Waals surface area contributed by atoms with E-state index >= 15 is 0 Å². The molecule has 0 aliphatic rings. The summed E-state index contributed by atoms with van der Waals surface area (Å²) in [7, 11) is 0. The Morgan fingerprint density at radius 2 is 1.44 bits per heavy atom. The number of allylic oxidation sites excluding steroid dienone is 2. The van der Waals surface area contributed by atoms with E-state index in [-0.39, 0.29) is 39.8 Å². The van der Waals surface area contributed by atoms with Gasteiger partial charge in [-0.1, -0.05) is 12.2 Å². The van der Waals surface area contributed by atoms with Gasteiger partial charge in [-0.05, 0) is 25.7 Å². The maximum atomic E-state index is 7.33. The molecule has 0 aliphatic heterocycles. The van der Waals surface area contributed by atoms with Crippen LogP contribution in [0.3, 0.4) is 0 Å². The van der Waals surface area contributed by atoms with Crippen LogP contribution in [0.5, 0.6) is 0 Å². The first-order valence-electron chi connectivity index (χ1n) is 5.57. The van der Waals surface area contributed by atoms with Crippen LogP contribution in [0, 0.1) is 5.41 Å². The van der Waals surface area contributed by atoms with Crippen molar-refractivity contribution in [2.75, 3.05) is 13.1 Å². The molecule has 106 valence electrons. The molecule has 0 aromatic heterocycles.